The summed E-state index contributed by atoms with van der Waals surface area (Å²) < 4.78 is 28.4. The van der Waals surface area contributed by atoms with Crippen LogP contribution in [-0.4, -0.2) is 20.1 Å². The third kappa shape index (κ3) is 5.16. The molecule has 0 aliphatic heterocycles. The van der Waals surface area contributed by atoms with Crippen LogP contribution in [0.3, 0.4) is 0 Å². The lowest BCUT2D eigenvalue weighted by atomic mass is 10.0. The van der Waals surface area contributed by atoms with Crippen LogP contribution in [0.1, 0.15) is 26.3 Å². The maximum Gasteiger partial charge on any atom is 0.261 e. The summed E-state index contributed by atoms with van der Waals surface area (Å²) in [6.07, 6.45) is 0. The van der Waals surface area contributed by atoms with Crippen molar-refractivity contribution in [2.45, 2.75) is 4.90 Å². The number of carbonyl (C=O) groups is 2. The maximum absolute atomic E-state index is 13.0. The third-order valence-electron chi connectivity index (χ3n) is 4.91. The summed E-state index contributed by atoms with van der Waals surface area (Å²) in [5, 5.41) is 2.73. The molecule has 0 spiro atoms. The smallest absolute Gasteiger partial charge is 0.261 e. The molecule has 0 radical (unpaired) electrons. The van der Waals surface area contributed by atoms with E-state index in [0.29, 0.717) is 16.8 Å². The van der Waals surface area contributed by atoms with Crippen LogP contribution < -0.4 is 10.0 Å². The number of hydrogen-bond acceptors (Lipinski definition) is 4. The first kappa shape index (κ1) is 22.0. The van der Waals surface area contributed by atoms with E-state index in [4.69, 9.17) is 0 Å². The lowest BCUT2D eigenvalue weighted by Crippen LogP contribution is -2.16. The zero-order valence-electron chi connectivity index (χ0n) is 17.4. The summed E-state index contributed by atoms with van der Waals surface area (Å²) in [7, 11) is -3.96. The third-order valence-corrected chi connectivity index (χ3v) is 6.29. The predicted octanol–water partition coefficient (Wildman–Crippen LogP) is 4.97. The number of rotatable bonds is 7. The molecule has 0 aliphatic rings. The zero-order chi connectivity index (χ0) is 23.3. The van der Waals surface area contributed by atoms with Crippen LogP contribution in [0.4, 0.5) is 11.4 Å². The van der Waals surface area contributed by atoms with Gasteiger partial charge in [0.1, 0.15) is 0 Å². The van der Waals surface area contributed by atoms with E-state index < -0.39 is 10.0 Å². The molecule has 0 atom stereocenters. The molecule has 0 fully saturated rings. The molecule has 2 N–H and O–H groups in total. The maximum atomic E-state index is 13.0. The zero-order valence-corrected chi connectivity index (χ0v) is 18.3. The van der Waals surface area contributed by atoms with E-state index in [1.807, 2.05) is 6.07 Å². The lowest BCUT2D eigenvalue weighted by molar-refractivity contribution is 0.102. The minimum atomic E-state index is -3.96. The molecule has 0 heterocycles. The molecule has 4 aromatic carbocycles. The minimum Gasteiger partial charge on any atom is -0.322 e. The van der Waals surface area contributed by atoms with Crippen molar-refractivity contribution in [1.82, 2.24) is 0 Å². The van der Waals surface area contributed by atoms with E-state index in [1.54, 1.807) is 78.9 Å². The Kier molecular flexibility index (Phi) is 6.33. The van der Waals surface area contributed by atoms with Crippen molar-refractivity contribution in [2.24, 2.45) is 0 Å². The van der Waals surface area contributed by atoms with Gasteiger partial charge in [-0.05, 0) is 48.5 Å². The fraction of sp³-hybridized carbons (Fsp3) is 0. The van der Waals surface area contributed by atoms with Crippen LogP contribution in [0.2, 0.25) is 0 Å². The molecule has 1 amide bonds. The van der Waals surface area contributed by atoms with Crippen LogP contribution in [0.25, 0.3) is 0 Å². The van der Waals surface area contributed by atoms with Crippen LogP contribution in [0.5, 0.6) is 0 Å². The van der Waals surface area contributed by atoms with Crippen LogP contribution in [0.15, 0.2) is 114 Å². The Morgan fingerprint density at radius 1 is 0.606 bits per heavy atom. The number of ketones is 1. The number of para-hydroxylation sites is 1. The van der Waals surface area contributed by atoms with Gasteiger partial charge >= 0.3 is 0 Å². The van der Waals surface area contributed by atoms with Gasteiger partial charge in [-0.25, -0.2) is 8.42 Å². The summed E-state index contributed by atoms with van der Waals surface area (Å²) in [6, 6.07) is 29.6. The summed E-state index contributed by atoms with van der Waals surface area (Å²) in [5.41, 5.74) is 1.85. The van der Waals surface area contributed by atoms with Gasteiger partial charge in [0.15, 0.2) is 5.78 Å². The molecule has 6 nitrogen and oxygen atoms in total. The van der Waals surface area contributed by atoms with E-state index in [9.17, 15) is 18.0 Å². The molecule has 0 unspecified atom stereocenters. The van der Waals surface area contributed by atoms with Gasteiger partial charge in [-0.1, -0.05) is 60.7 Å². The highest BCUT2D eigenvalue weighted by atomic mass is 32.2. The molecule has 0 aromatic heterocycles. The Labute approximate surface area is 192 Å². The highest BCUT2D eigenvalue weighted by Crippen LogP contribution is 2.23. The molecular formula is C26H20N2O4S. The number of anilines is 2. The molecule has 0 bridgehead atoms. The van der Waals surface area contributed by atoms with E-state index in [-0.39, 0.29) is 27.8 Å². The van der Waals surface area contributed by atoms with Gasteiger partial charge in [-0.3, -0.25) is 14.3 Å². The molecule has 4 rings (SSSR count). The molecule has 7 heteroatoms. The lowest BCUT2D eigenvalue weighted by Gasteiger charge is -2.13. The molecular weight excluding hydrogens is 436 g/mol. The van der Waals surface area contributed by atoms with Gasteiger partial charge in [-0.2, -0.15) is 0 Å². The highest BCUT2D eigenvalue weighted by molar-refractivity contribution is 7.92. The first-order valence-electron chi connectivity index (χ1n) is 10.1. The van der Waals surface area contributed by atoms with Gasteiger partial charge in [-0.15, -0.1) is 0 Å². The first-order chi connectivity index (χ1) is 15.9. The summed E-state index contributed by atoms with van der Waals surface area (Å²) in [4.78, 5) is 25.2. The van der Waals surface area contributed by atoms with E-state index in [1.165, 1.54) is 24.3 Å². The van der Waals surface area contributed by atoms with Crippen LogP contribution in [0, 0.1) is 0 Å². The average molecular weight is 457 g/mol. The molecule has 0 saturated carbocycles. The molecule has 4 aromatic rings. The summed E-state index contributed by atoms with van der Waals surface area (Å²) in [5.74, 6) is -0.578. The number of benzene rings is 4. The van der Waals surface area contributed by atoms with Crippen molar-refractivity contribution in [3.05, 3.63) is 126 Å². The van der Waals surface area contributed by atoms with Gasteiger partial charge in [0.05, 0.1) is 10.6 Å². The Morgan fingerprint density at radius 3 is 1.79 bits per heavy atom. The van der Waals surface area contributed by atoms with Crippen molar-refractivity contribution in [1.29, 1.82) is 0 Å². The second-order valence-electron chi connectivity index (χ2n) is 7.19. The van der Waals surface area contributed by atoms with Crippen molar-refractivity contribution in [2.75, 3.05) is 10.0 Å². The second kappa shape index (κ2) is 9.50. The van der Waals surface area contributed by atoms with E-state index >= 15 is 0 Å². The number of nitrogens with one attached hydrogen (secondary N) is 2. The molecule has 0 saturated heterocycles. The highest BCUT2D eigenvalue weighted by Gasteiger charge is 2.19. The predicted molar refractivity (Wildman–Crippen MR) is 128 cm³/mol. The Balaban J connectivity index is 1.53. The monoisotopic (exact) mass is 456 g/mol. The van der Waals surface area contributed by atoms with E-state index in [0.717, 1.165) is 0 Å². The average Bonchev–Trinajstić information content (AvgIpc) is 2.85. The molecule has 0 aliphatic carbocycles. The Morgan fingerprint density at radius 2 is 1.15 bits per heavy atom. The quantitative estimate of drug-likeness (QED) is 0.384. The number of sulfonamides is 1. The summed E-state index contributed by atoms with van der Waals surface area (Å²) >= 11 is 0. The van der Waals surface area contributed by atoms with Crippen molar-refractivity contribution in [3.63, 3.8) is 0 Å². The topological polar surface area (TPSA) is 92.3 Å². The normalized spacial score (nSPS) is 10.9. The van der Waals surface area contributed by atoms with Gasteiger partial charge in [0, 0.05) is 22.4 Å². The second-order valence-corrected chi connectivity index (χ2v) is 8.87. The summed E-state index contributed by atoms with van der Waals surface area (Å²) in [6.45, 7) is 0. The van der Waals surface area contributed by atoms with Crippen molar-refractivity contribution >= 4 is 33.1 Å². The van der Waals surface area contributed by atoms with Gasteiger partial charge < -0.3 is 5.32 Å². The van der Waals surface area contributed by atoms with E-state index in [2.05, 4.69) is 10.0 Å². The fourth-order valence-electron chi connectivity index (χ4n) is 3.23. The number of carbonyl (C=O) groups excluding carboxylic acids is 2. The van der Waals surface area contributed by atoms with Crippen LogP contribution >= 0.6 is 0 Å². The molecule has 33 heavy (non-hydrogen) atoms. The van der Waals surface area contributed by atoms with Gasteiger partial charge in [0.2, 0.25) is 0 Å². The van der Waals surface area contributed by atoms with Crippen molar-refractivity contribution in [3.8, 4) is 0 Å². The minimum absolute atomic E-state index is 0.00201. The first-order valence-corrected chi connectivity index (χ1v) is 11.6. The fourth-order valence-corrected chi connectivity index (χ4v) is 4.31. The number of hydrogen-bond donors (Lipinski definition) is 2. The largest absolute Gasteiger partial charge is 0.322 e. The molecule has 164 valence electrons. The van der Waals surface area contributed by atoms with Crippen LogP contribution in [-0.2, 0) is 10.0 Å². The SMILES string of the molecule is O=C(Nc1ccc(S(=O)(=O)Nc2ccccc2C(=O)c2ccccc2)cc1)c1ccccc1. The Bertz CT molecular complexity index is 1390. The number of amides is 1. The standard InChI is InChI=1S/C26H20N2O4S/c29-25(19-9-3-1-4-10-19)23-13-7-8-14-24(23)28-33(31,32)22-17-15-21(16-18-22)27-26(30)20-11-5-2-6-12-20/h1-18,28H,(H,27,30). The Hall–Kier alpha value is -4.23. The van der Waals surface area contributed by atoms with Crippen molar-refractivity contribution < 1.29 is 18.0 Å². The van der Waals surface area contributed by atoms with Gasteiger partial charge in [0.25, 0.3) is 15.9 Å².